The predicted octanol–water partition coefficient (Wildman–Crippen LogP) is 3.96. The fourth-order valence-electron chi connectivity index (χ4n) is 2.73. The van der Waals surface area contributed by atoms with Crippen LogP contribution >= 0.6 is 23.1 Å². The average Bonchev–Trinajstić information content (AvgIpc) is 3.01. The molecule has 0 spiro atoms. The number of thiazole rings is 1. The molecule has 0 atom stereocenters. The number of aryl methyl sites for hydroxylation is 1. The monoisotopic (exact) mass is 406 g/mol. The van der Waals surface area contributed by atoms with Crippen molar-refractivity contribution in [2.75, 3.05) is 26.2 Å². The topological polar surface area (TPSA) is 52.8 Å². The predicted molar refractivity (Wildman–Crippen MR) is 108 cm³/mol. The van der Waals surface area contributed by atoms with Gasteiger partial charge in [0, 0.05) is 12.3 Å². The van der Waals surface area contributed by atoms with E-state index in [1.54, 1.807) is 36.0 Å². The summed E-state index contributed by atoms with van der Waals surface area (Å²) < 4.78 is 26.9. The standard InChI is InChI=1S/C19H19FN2O3S2/c1-24-15-6-4-5-13(17(15)25-2)18(23)21-19-22(9-10-26-3)14-8-7-12(20)11-16(14)27-19/h4-8,11H,9-10H2,1-3H3. The first-order valence-corrected chi connectivity index (χ1v) is 10.4. The Morgan fingerprint density at radius 3 is 2.78 bits per heavy atom. The molecule has 0 N–H and O–H groups in total. The van der Waals surface area contributed by atoms with Gasteiger partial charge in [0.25, 0.3) is 5.91 Å². The van der Waals surface area contributed by atoms with Gasteiger partial charge in [0.05, 0.1) is 30.0 Å². The van der Waals surface area contributed by atoms with Gasteiger partial charge in [-0.2, -0.15) is 16.8 Å². The number of para-hydroxylation sites is 1. The van der Waals surface area contributed by atoms with Gasteiger partial charge in [-0.05, 0) is 36.6 Å². The first kappa shape index (κ1) is 19.4. The number of rotatable bonds is 6. The summed E-state index contributed by atoms with van der Waals surface area (Å²) in [5.41, 5.74) is 1.18. The van der Waals surface area contributed by atoms with Gasteiger partial charge in [-0.3, -0.25) is 4.79 Å². The van der Waals surface area contributed by atoms with E-state index in [0.717, 1.165) is 16.0 Å². The van der Waals surface area contributed by atoms with Crippen LogP contribution in [-0.2, 0) is 6.54 Å². The van der Waals surface area contributed by atoms with Crippen molar-refractivity contribution in [1.29, 1.82) is 0 Å². The molecular weight excluding hydrogens is 387 g/mol. The number of fused-ring (bicyclic) bond motifs is 1. The molecule has 1 aromatic heterocycles. The average molecular weight is 407 g/mol. The Morgan fingerprint density at radius 1 is 1.26 bits per heavy atom. The Morgan fingerprint density at radius 2 is 2.07 bits per heavy atom. The maximum atomic E-state index is 13.6. The van der Waals surface area contributed by atoms with Gasteiger partial charge in [0.2, 0.25) is 0 Å². The Kier molecular flexibility index (Phi) is 6.18. The number of carbonyl (C=O) groups excluding carboxylic acids is 1. The lowest BCUT2D eigenvalue weighted by Gasteiger charge is -2.10. The van der Waals surface area contributed by atoms with Crippen LogP contribution in [0.2, 0.25) is 0 Å². The van der Waals surface area contributed by atoms with Crippen LogP contribution in [0.3, 0.4) is 0 Å². The lowest BCUT2D eigenvalue weighted by Crippen LogP contribution is -2.18. The molecule has 0 aliphatic carbocycles. The van der Waals surface area contributed by atoms with Crippen molar-refractivity contribution in [2.45, 2.75) is 6.54 Å². The minimum atomic E-state index is -0.435. The molecule has 0 radical (unpaired) electrons. The van der Waals surface area contributed by atoms with E-state index in [1.807, 2.05) is 10.8 Å². The van der Waals surface area contributed by atoms with Crippen LogP contribution in [-0.4, -0.2) is 36.7 Å². The molecule has 27 heavy (non-hydrogen) atoms. The zero-order chi connectivity index (χ0) is 19.4. The van der Waals surface area contributed by atoms with Crippen LogP contribution in [0.1, 0.15) is 10.4 Å². The molecule has 1 heterocycles. The number of carbonyl (C=O) groups is 1. The summed E-state index contributed by atoms with van der Waals surface area (Å²) in [6.07, 6.45) is 2.01. The third kappa shape index (κ3) is 4.01. The van der Waals surface area contributed by atoms with Crippen molar-refractivity contribution in [3.63, 3.8) is 0 Å². The second kappa shape index (κ2) is 8.58. The molecule has 0 aliphatic heterocycles. The third-order valence-corrected chi connectivity index (χ3v) is 5.63. The van der Waals surface area contributed by atoms with E-state index in [0.29, 0.717) is 28.4 Å². The van der Waals surface area contributed by atoms with Gasteiger partial charge in [0.1, 0.15) is 5.82 Å². The summed E-state index contributed by atoms with van der Waals surface area (Å²) in [4.78, 5) is 17.7. The Hall–Kier alpha value is -2.32. The zero-order valence-electron chi connectivity index (χ0n) is 15.2. The highest BCUT2D eigenvalue weighted by Gasteiger charge is 2.17. The van der Waals surface area contributed by atoms with Crippen LogP contribution in [0, 0.1) is 5.82 Å². The van der Waals surface area contributed by atoms with Gasteiger partial charge in [0.15, 0.2) is 16.3 Å². The Labute approximate surface area is 164 Å². The summed E-state index contributed by atoms with van der Waals surface area (Å²) in [6.45, 7) is 0.675. The van der Waals surface area contributed by atoms with Crippen LogP contribution in [0.4, 0.5) is 4.39 Å². The summed E-state index contributed by atoms with van der Waals surface area (Å²) in [7, 11) is 3.00. The molecule has 142 valence electrons. The fourth-order valence-corrected chi connectivity index (χ4v) is 4.18. The van der Waals surface area contributed by atoms with Crippen LogP contribution in [0.5, 0.6) is 11.5 Å². The SMILES string of the molecule is COc1cccc(C(=O)N=c2sc3cc(F)ccc3n2CCSC)c1OC. The van der Waals surface area contributed by atoms with Gasteiger partial charge in [-0.25, -0.2) is 4.39 Å². The molecule has 0 aliphatic rings. The van der Waals surface area contributed by atoms with Crippen molar-refractivity contribution in [2.24, 2.45) is 4.99 Å². The molecule has 0 unspecified atom stereocenters. The molecule has 3 rings (SSSR count). The molecule has 0 saturated carbocycles. The number of benzene rings is 2. The van der Waals surface area contributed by atoms with Crippen molar-refractivity contribution in [1.82, 2.24) is 4.57 Å². The van der Waals surface area contributed by atoms with E-state index < -0.39 is 5.91 Å². The number of halogens is 1. The maximum Gasteiger partial charge on any atom is 0.283 e. The van der Waals surface area contributed by atoms with Gasteiger partial charge in [-0.15, -0.1) is 0 Å². The van der Waals surface area contributed by atoms with E-state index in [4.69, 9.17) is 9.47 Å². The smallest absolute Gasteiger partial charge is 0.283 e. The van der Waals surface area contributed by atoms with E-state index in [-0.39, 0.29) is 5.82 Å². The van der Waals surface area contributed by atoms with Crippen molar-refractivity contribution in [3.8, 4) is 11.5 Å². The van der Waals surface area contributed by atoms with E-state index in [1.165, 1.54) is 37.7 Å². The second-order valence-electron chi connectivity index (χ2n) is 5.60. The highest BCUT2D eigenvalue weighted by Crippen LogP contribution is 2.31. The zero-order valence-corrected chi connectivity index (χ0v) is 16.8. The summed E-state index contributed by atoms with van der Waals surface area (Å²) in [5.74, 6) is 0.917. The van der Waals surface area contributed by atoms with Crippen LogP contribution in [0.25, 0.3) is 10.2 Å². The van der Waals surface area contributed by atoms with Crippen molar-refractivity contribution >= 4 is 39.2 Å². The van der Waals surface area contributed by atoms with Gasteiger partial charge in [-0.1, -0.05) is 17.4 Å². The molecule has 8 heteroatoms. The van der Waals surface area contributed by atoms with Crippen LogP contribution in [0.15, 0.2) is 41.4 Å². The molecule has 2 aromatic carbocycles. The molecule has 1 amide bonds. The van der Waals surface area contributed by atoms with Gasteiger partial charge < -0.3 is 14.0 Å². The summed E-state index contributed by atoms with van der Waals surface area (Å²) >= 11 is 2.98. The minimum absolute atomic E-state index is 0.312. The third-order valence-electron chi connectivity index (χ3n) is 3.99. The quantitative estimate of drug-likeness (QED) is 0.622. The second-order valence-corrected chi connectivity index (χ2v) is 7.59. The number of ether oxygens (including phenoxy) is 2. The normalized spacial score (nSPS) is 11.8. The first-order valence-electron chi connectivity index (χ1n) is 8.17. The highest BCUT2D eigenvalue weighted by atomic mass is 32.2. The molecular formula is C19H19FN2O3S2. The maximum absolute atomic E-state index is 13.6. The number of methoxy groups -OCH3 is 2. The van der Waals surface area contributed by atoms with E-state index in [9.17, 15) is 9.18 Å². The van der Waals surface area contributed by atoms with Crippen LogP contribution < -0.4 is 14.3 Å². The van der Waals surface area contributed by atoms with E-state index in [2.05, 4.69) is 4.99 Å². The minimum Gasteiger partial charge on any atom is -0.493 e. The van der Waals surface area contributed by atoms with E-state index >= 15 is 0 Å². The Balaban J connectivity index is 2.14. The number of hydrogen-bond donors (Lipinski definition) is 0. The molecule has 0 bridgehead atoms. The lowest BCUT2D eigenvalue weighted by molar-refractivity contribution is 0.0994. The van der Waals surface area contributed by atoms with Crippen molar-refractivity contribution < 1.29 is 18.7 Å². The van der Waals surface area contributed by atoms with Gasteiger partial charge >= 0.3 is 0 Å². The number of aromatic nitrogens is 1. The summed E-state index contributed by atoms with van der Waals surface area (Å²) in [5, 5.41) is 0. The number of nitrogens with zero attached hydrogens (tertiary/aromatic N) is 2. The molecule has 5 nitrogen and oxygen atoms in total. The summed E-state index contributed by atoms with van der Waals surface area (Å²) in [6, 6.07) is 9.68. The number of hydrogen-bond acceptors (Lipinski definition) is 5. The number of thioether (sulfide) groups is 1. The largest absolute Gasteiger partial charge is 0.493 e. The first-order chi connectivity index (χ1) is 13.1. The lowest BCUT2D eigenvalue weighted by atomic mass is 10.2. The molecule has 0 saturated heterocycles. The highest BCUT2D eigenvalue weighted by molar-refractivity contribution is 7.98. The molecule has 0 fully saturated rings. The Bertz CT molecular complexity index is 1040. The van der Waals surface area contributed by atoms with Crippen molar-refractivity contribution in [3.05, 3.63) is 52.6 Å². The number of amides is 1. The fraction of sp³-hybridized carbons (Fsp3) is 0.263. The molecule has 3 aromatic rings.